The smallest absolute Gasteiger partial charge is 0.240 e. The van der Waals surface area contributed by atoms with Crippen LogP contribution in [0.4, 0.5) is 5.69 Å². The number of amides is 1. The minimum Gasteiger partial charge on any atom is -0.325 e. The maximum absolute atomic E-state index is 12.0. The third kappa shape index (κ3) is 5.11. The molecular weight excluding hydrogens is 290 g/mol. The number of nitrogens with one attached hydrogen (secondary N) is 3. The van der Waals surface area contributed by atoms with Gasteiger partial charge >= 0.3 is 0 Å². The van der Waals surface area contributed by atoms with E-state index in [9.17, 15) is 13.2 Å². The van der Waals surface area contributed by atoms with Gasteiger partial charge in [0.1, 0.15) is 0 Å². The van der Waals surface area contributed by atoms with Gasteiger partial charge in [0.25, 0.3) is 0 Å². The highest BCUT2D eigenvalue weighted by molar-refractivity contribution is 7.89. The Labute approximate surface area is 125 Å². The Kier molecular flexibility index (Phi) is 4.97. The van der Waals surface area contributed by atoms with Crippen LogP contribution >= 0.6 is 0 Å². The first kappa shape index (κ1) is 15.9. The van der Waals surface area contributed by atoms with Crippen LogP contribution < -0.4 is 15.4 Å². The fourth-order valence-corrected chi connectivity index (χ4v) is 3.01. The van der Waals surface area contributed by atoms with Crippen LogP contribution in [0.5, 0.6) is 0 Å². The van der Waals surface area contributed by atoms with Gasteiger partial charge < -0.3 is 10.6 Å². The average molecular weight is 311 g/mol. The molecule has 1 fully saturated rings. The van der Waals surface area contributed by atoms with Crippen molar-refractivity contribution in [2.75, 3.05) is 11.9 Å². The quantitative estimate of drug-likeness (QED) is 0.703. The number of carbonyl (C=O) groups is 1. The average Bonchev–Trinajstić information content (AvgIpc) is 3.20. The zero-order valence-electron chi connectivity index (χ0n) is 12.2. The summed E-state index contributed by atoms with van der Waals surface area (Å²) in [5, 5.41) is 5.72. The highest BCUT2D eigenvalue weighted by Crippen LogP contribution is 2.22. The van der Waals surface area contributed by atoms with E-state index in [0.717, 1.165) is 12.8 Å². The first-order valence-corrected chi connectivity index (χ1v) is 8.51. The van der Waals surface area contributed by atoms with Crippen LogP contribution in [0.15, 0.2) is 29.2 Å². The summed E-state index contributed by atoms with van der Waals surface area (Å²) in [4.78, 5) is 11.9. The fourth-order valence-electron chi connectivity index (χ4n) is 1.71. The molecular formula is C14H21N3O3S. The van der Waals surface area contributed by atoms with E-state index < -0.39 is 10.0 Å². The van der Waals surface area contributed by atoms with Gasteiger partial charge in [-0.05, 0) is 37.1 Å². The Morgan fingerprint density at radius 3 is 2.38 bits per heavy atom. The summed E-state index contributed by atoms with van der Waals surface area (Å²) in [5.74, 6) is -0.157. The molecule has 116 valence electrons. The van der Waals surface area contributed by atoms with Crippen LogP contribution in [0, 0.1) is 0 Å². The van der Waals surface area contributed by atoms with E-state index in [2.05, 4.69) is 15.4 Å². The number of anilines is 1. The molecule has 0 unspecified atom stereocenters. The fraction of sp³-hybridized carbons (Fsp3) is 0.500. The minimum absolute atomic E-state index is 0.0801. The van der Waals surface area contributed by atoms with E-state index in [0.29, 0.717) is 5.69 Å². The summed E-state index contributed by atoms with van der Waals surface area (Å²) in [7, 11) is -3.44. The highest BCUT2D eigenvalue weighted by atomic mass is 32.2. The molecule has 2 rings (SSSR count). The molecule has 0 heterocycles. The molecule has 1 saturated carbocycles. The maximum atomic E-state index is 12.0. The molecule has 1 amide bonds. The number of hydrogen-bond donors (Lipinski definition) is 3. The van der Waals surface area contributed by atoms with Crippen molar-refractivity contribution in [2.24, 2.45) is 0 Å². The number of sulfonamides is 1. The molecule has 1 aromatic rings. The standard InChI is InChI=1S/C14H21N3O3S/c1-10(2)15-9-14(18)16-11-5-7-13(8-6-11)21(19,20)17-12-3-4-12/h5-8,10,12,15,17H,3-4,9H2,1-2H3,(H,16,18). The molecule has 1 aromatic carbocycles. The predicted octanol–water partition coefficient (Wildman–Crippen LogP) is 1.06. The molecule has 0 spiro atoms. The van der Waals surface area contributed by atoms with Gasteiger partial charge in [-0.3, -0.25) is 4.79 Å². The van der Waals surface area contributed by atoms with Crippen molar-refractivity contribution in [1.29, 1.82) is 0 Å². The van der Waals surface area contributed by atoms with Crippen molar-refractivity contribution in [3.8, 4) is 0 Å². The van der Waals surface area contributed by atoms with Gasteiger partial charge in [0.05, 0.1) is 11.4 Å². The molecule has 6 nitrogen and oxygen atoms in total. The lowest BCUT2D eigenvalue weighted by Crippen LogP contribution is -2.32. The van der Waals surface area contributed by atoms with Gasteiger partial charge in [0.2, 0.25) is 15.9 Å². The number of rotatable bonds is 7. The first-order valence-electron chi connectivity index (χ1n) is 7.02. The van der Waals surface area contributed by atoms with Crippen molar-refractivity contribution < 1.29 is 13.2 Å². The lowest BCUT2D eigenvalue weighted by Gasteiger charge is -2.10. The lowest BCUT2D eigenvalue weighted by molar-refractivity contribution is -0.115. The van der Waals surface area contributed by atoms with E-state index in [1.165, 1.54) is 12.1 Å². The van der Waals surface area contributed by atoms with Gasteiger partial charge in [-0.15, -0.1) is 0 Å². The van der Waals surface area contributed by atoms with E-state index in [1.54, 1.807) is 12.1 Å². The Bertz CT molecular complexity index is 592. The molecule has 0 atom stereocenters. The van der Waals surface area contributed by atoms with Crippen LogP contribution in [-0.4, -0.2) is 33.0 Å². The molecule has 1 aliphatic rings. The van der Waals surface area contributed by atoms with Crippen LogP contribution in [-0.2, 0) is 14.8 Å². The second kappa shape index (κ2) is 6.55. The van der Waals surface area contributed by atoms with Gasteiger partial charge in [-0.25, -0.2) is 13.1 Å². The molecule has 1 aliphatic carbocycles. The topological polar surface area (TPSA) is 87.3 Å². The van der Waals surface area contributed by atoms with E-state index in [1.807, 2.05) is 13.8 Å². The molecule has 7 heteroatoms. The lowest BCUT2D eigenvalue weighted by atomic mass is 10.3. The van der Waals surface area contributed by atoms with Crippen molar-refractivity contribution in [2.45, 2.75) is 43.7 Å². The summed E-state index contributed by atoms with van der Waals surface area (Å²) >= 11 is 0. The Hall–Kier alpha value is -1.44. The number of carbonyl (C=O) groups excluding carboxylic acids is 1. The number of benzene rings is 1. The third-order valence-corrected chi connectivity index (χ3v) is 4.55. The summed E-state index contributed by atoms with van der Waals surface area (Å²) in [6.07, 6.45) is 1.80. The SMILES string of the molecule is CC(C)NCC(=O)Nc1ccc(S(=O)(=O)NC2CC2)cc1. The summed E-state index contributed by atoms with van der Waals surface area (Å²) in [6.45, 7) is 4.14. The Balaban J connectivity index is 1.93. The molecule has 0 bridgehead atoms. The van der Waals surface area contributed by atoms with Crippen LogP contribution in [0.2, 0.25) is 0 Å². The predicted molar refractivity (Wildman–Crippen MR) is 81.6 cm³/mol. The maximum Gasteiger partial charge on any atom is 0.240 e. The summed E-state index contributed by atoms with van der Waals surface area (Å²) in [6, 6.07) is 6.49. The van der Waals surface area contributed by atoms with E-state index in [-0.39, 0.29) is 29.4 Å². The normalized spacial score (nSPS) is 15.2. The van der Waals surface area contributed by atoms with Crippen molar-refractivity contribution in [1.82, 2.24) is 10.0 Å². The largest absolute Gasteiger partial charge is 0.325 e. The molecule has 21 heavy (non-hydrogen) atoms. The van der Waals surface area contributed by atoms with Crippen molar-refractivity contribution in [3.05, 3.63) is 24.3 Å². The van der Waals surface area contributed by atoms with E-state index in [4.69, 9.17) is 0 Å². The van der Waals surface area contributed by atoms with Crippen molar-refractivity contribution >= 4 is 21.6 Å². The van der Waals surface area contributed by atoms with Crippen molar-refractivity contribution in [3.63, 3.8) is 0 Å². The zero-order valence-corrected chi connectivity index (χ0v) is 13.0. The Morgan fingerprint density at radius 1 is 1.24 bits per heavy atom. The van der Waals surface area contributed by atoms with Crippen LogP contribution in [0.1, 0.15) is 26.7 Å². The second-order valence-corrected chi connectivity index (χ2v) is 7.22. The molecule has 0 aromatic heterocycles. The van der Waals surface area contributed by atoms with Gasteiger partial charge in [-0.1, -0.05) is 13.8 Å². The van der Waals surface area contributed by atoms with Gasteiger partial charge in [0, 0.05) is 17.8 Å². The molecule has 0 radical (unpaired) electrons. The van der Waals surface area contributed by atoms with Crippen LogP contribution in [0.25, 0.3) is 0 Å². The third-order valence-electron chi connectivity index (χ3n) is 3.02. The summed E-state index contributed by atoms with van der Waals surface area (Å²) in [5.41, 5.74) is 0.580. The highest BCUT2D eigenvalue weighted by Gasteiger charge is 2.27. The zero-order chi connectivity index (χ0) is 15.5. The Morgan fingerprint density at radius 2 is 1.86 bits per heavy atom. The summed E-state index contributed by atoms with van der Waals surface area (Å²) < 4.78 is 26.6. The first-order chi connectivity index (χ1) is 9.87. The van der Waals surface area contributed by atoms with Crippen LogP contribution in [0.3, 0.4) is 0 Å². The molecule has 0 aliphatic heterocycles. The van der Waals surface area contributed by atoms with Gasteiger partial charge in [-0.2, -0.15) is 0 Å². The van der Waals surface area contributed by atoms with E-state index >= 15 is 0 Å². The number of hydrogen-bond acceptors (Lipinski definition) is 4. The second-order valence-electron chi connectivity index (χ2n) is 5.50. The minimum atomic E-state index is -3.44. The monoisotopic (exact) mass is 311 g/mol. The molecule has 3 N–H and O–H groups in total. The van der Waals surface area contributed by atoms with Gasteiger partial charge in [0.15, 0.2) is 0 Å². The molecule has 0 saturated heterocycles.